The molecule has 7 heteroatoms. The van der Waals surface area contributed by atoms with E-state index in [0.717, 1.165) is 18.5 Å². The van der Waals surface area contributed by atoms with Gasteiger partial charge in [0.15, 0.2) is 0 Å². The minimum absolute atomic E-state index is 0.546. The Labute approximate surface area is 156 Å². The summed E-state index contributed by atoms with van der Waals surface area (Å²) in [6.07, 6.45) is 0.842. The summed E-state index contributed by atoms with van der Waals surface area (Å²) >= 11 is 0. The van der Waals surface area contributed by atoms with Gasteiger partial charge in [0, 0.05) is 32.0 Å². The van der Waals surface area contributed by atoms with Crippen LogP contribution < -0.4 is 4.90 Å². The fourth-order valence-electron chi connectivity index (χ4n) is 2.04. The van der Waals surface area contributed by atoms with Crippen LogP contribution >= 0.6 is 0 Å². The van der Waals surface area contributed by atoms with Gasteiger partial charge in [0.1, 0.15) is 6.29 Å². The average Bonchev–Trinajstić information content (AvgIpc) is 2.68. The number of benzene rings is 1. The van der Waals surface area contributed by atoms with E-state index in [2.05, 4.69) is 4.90 Å². The monoisotopic (exact) mass is 369 g/mol. The van der Waals surface area contributed by atoms with E-state index >= 15 is 0 Å². The van der Waals surface area contributed by atoms with Crippen molar-refractivity contribution in [1.82, 2.24) is 0 Å². The summed E-state index contributed by atoms with van der Waals surface area (Å²) in [6.45, 7) is 5.90. The molecule has 0 heterocycles. The summed E-state index contributed by atoms with van der Waals surface area (Å²) in [4.78, 5) is 12.7. The number of rotatable bonds is 17. The zero-order chi connectivity index (χ0) is 18.9. The highest BCUT2D eigenvalue weighted by Gasteiger charge is 2.01. The molecule has 1 aromatic rings. The van der Waals surface area contributed by atoms with Gasteiger partial charge in [-0.05, 0) is 24.3 Å². The van der Waals surface area contributed by atoms with E-state index in [4.69, 9.17) is 23.7 Å². The summed E-state index contributed by atoms with van der Waals surface area (Å²) in [7, 11) is 3.64. The molecule has 0 fully saturated rings. The fraction of sp³-hybridized carbons (Fsp3) is 0.632. The number of hydrogen-bond acceptors (Lipinski definition) is 7. The molecular weight excluding hydrogens is 338 g/mol. The molecule has 148 valence electrons. The predicted molar refractivity (Wildman–Crippen MR) is 100 cm³/mol. The fourth-order valence-corrected chi connectivity index (χ4v) is 2.04. The van der Waals surface area contributed by atoms with E-state index < -0.39 is 0 Å². The van der Waals surface area contributed by atoms with Crippen molar-refractivity contribution in [2.45, 2.75) is 0 Å². The molecule has 0 saturated heterocycles. The van der Waals surface area contributed by atoms with Crippen molar-refractivity contribution < 1.29 is 28.5 Å². The Morgan fingerprint density at radius 3 is 1.69 bits per heavy atom. The molecule has 0 unspecified atom stereocenters. The quantitative estimate of drug-likeness (QED) is 0.305. The Kier molecular flexibility index (Phi) is 13.6. The van der Waals surface area contributed by atoms with Crippen LogP contribution in [0.1, 0.15) is 10.4 Å². The molecule has 0 aliphatic carbocycles. The van der Waals surface area contributed by atoms with Crippen LogP contribution in [0, 0.1) is 0 Å². The van der Waals surface area contributed by atoms with Gasteiger partial charge in [-0.2, -0.15) is 0 Å². The molecule has 0 saturated carbocycles. The number of carbonyl (C=O) groups excluding carboxylic acids is 1. The first kappa shape index (κ1) is 22.5. The first-order chi connectivity index (χ1) is 12.8. The Morgan fingerprint density at radius 1 is 0.769 bits per heavy atom. The van der Waals surface area contributed by atoms with E-state index in [0.29, 0.717) is 65.0 Å². The van der Waals surface area contributed by atoms with Gasteiger partial charge in [-0.1, -0.05) is 0 Å². The Balaban J connectivity index is 1.87. The lowest BCUT2D eigenvalue weighted by Gasteiger charge is -2.19. The normalized spacial score (nSPS) is 10.8. The van der Waals surface area contributed by atoms with E-state index in [9.17, 15) is 4.79 Å². The lowest BCUT2D eigenvalue weighted by molar-refractivity contribution is -0.00719. The maximum atomic E-state index is 10.6. The third-order valence-corrected chi connectivity index (χ3v) is 3.59. The van der Waals surface area contributed by atoms with Crippen molar-refractivity contribution in [2.75, 3.05) is 85.1 Å². The van der Waals surface area contributed by atoms with Crippen LogP contribution in [0.3, 0.4) is 0 Å². The van der Waals surface area contributed by atoms with E-state index in [1.165, 1.54) is 0 Å². The SMILES string of the molecule is COCCOCCOCCOCCOCCN(C)c1ccc(C=O)cc1. The zero-order valence-corrected chi connectivity index (χ0v) is 15.9. The topological polar surface area (TPSA) is 66.5 Å². The van der Waals surface area contributed by atoms with Crippen LogP contribution in [0.5, 0.6) is 0 Å². The largest absolute Gasteiger partial charge is 0.382 e. The minimum atomic E-state index is 0.546. The van der Waals surface area contributed by atoms with Gasteiger partial charge in [0.2, 0.25) is 0 Å². The number of ether oxygens (including phenoxy) is 5. The highest BCUT2D eigenvalue weighted by atomic mass is 16.6. The van der Waals surface area contributed by atoms with Crippen LogP contribution in [0.2, 0.25) is 0 Å². The van der Waals surface area contributed by atoms with Gasteiger partial charge >= 0.3 is 0 Å². The van der Waals surface area contributed by atoms with Gasteiger partial charge in [0.25, 0.3) is 0 Å². The molecular formula is C19H31NO6. The standard InChI is InChI=1S/C19H31NO6/c1-20(19-5-3-18(17-21)4-6-19)7-8-23-11-12-25-15-16-26-14-13-24-10-9-22-2/h3-6,17H,7-16H2,1-2H3. The minimum Gasteiger partial charge on any atom is -0.382 e. The van der Waals surface area contributed by atoms with Gasteiger partial charge in [-0.3, -0.25) is 4.79 Å². The van der Waals surface area contributed by atoms with Crippen LogP contribution in [-0.4, -0.2) is 86.5 Å². The molecule has 0 amide bonds. The molecule has 26 heavy (non-hydrogen) atoms. The van der Waals surface area contributed by atoms with Gasteiger partial charge in [0.05, 0.1) is 59.5 Å². The van der Waals surface area contributed by atoms with Gasteiger partial charge in [-0.15, -0.1) is 0 Å². The van der Waals surface area contributed by atoms with E-state index in [1.54, 1.807) is 19.2 Å². The highest BCUT2D eigenvalue weighted by Crippen LogP contribution is 2.12. The number of carbonyl (C=O) groups is 1. The second-order valence-corrected chi connectivity index (χ2v) is 5.57. The molecule has 0 radical (unpaired) electrons. The lowest BCUT2D eigenvalue weighted by atomic mass is 10.2. The zero-order valence-electron chi connectivity index (χ0n) is 15.9. The number of aldehydes is 1. The Bertz CT molecular complexity index is 454. The van der Waals surface area contributed by atoms with Crippen molar-refractivity contribution >= 4 is 12.0 Å². The van der Waals surface area contributed by atoms with Crippen molar-refractivity contribution in [3.63, 3.8) is 0 Å². The Hall–Kier alpha value is -1.51. The maximum absolute atomic E-state index is 10.6. The molecule has 0 atom stereocenters. The molecule has 0 bridgehead atoms. The average molecular weight is 369 g/mol. The molecule has 0 aromatic heterocycles. The Morgan fingerprint density at radius 2 is 1.23 bits per heavy atom. The highest BCUT2D eigenvalue weighted by molar-refractivity contribution is 5.75. The number of hydrogen-bond donors (Lipinski definition) is 0. The maximum Gasteiger partial charge on any atom is 0.150 e. The lowest BCUT2D eigenvalue weighted by Crippen LogP contribution is -2.23. The molecule has 0 aliphatic heterocycles. The van der Waals surface area contributed by atoms with Crippen LogP contribution in [0.15, 0.2) is 24.3 Å². The molecule has 0 aliphatic rings. The number of likely N-dealkylation sites (N-methyl/N-ethyl adjacent to an activating group) is 1. The van der Waals surface area contributed by atoms with Crippen molar-refractivity contribution in [1.29, 1.82) is 0 Å². The molecule has 0 N–H and O–H groups in total. The van der Waals surface area contributed by atoms with Crippen molar-refractivity contribution in [2.24, 2.45) is 0 Å². The van der Waals surface area contributed by atoms with Crippen molar-refractivity contribution in [3.8, 4) is 0 Å². The van der Waals surface area contributed by atoms with Crippen molar-refractivity contribution in [3.05, 3.63) is 29.8 Å². The van der Waals surface area contributed by atoms with Gasteiger partial charge < -0.3 is 28.6 Å². The number of methoxy groups -OCH3 is 1. The first-order valence-corrected chi connectivity index (χ1v) is 8.84. The second kappa shape index (κ2) is 15.7. The second-order valence-electron chi connectivity index (χ2n) is 5.57. The molecule has 1 aromatic carbocycles. The number of anilines is 1. The summed E-state index contributed by atoms with van der Waals surface area (Å²) < 4.78 is 26.5. The summed E-state index contributed by atoms with van der Waals surface area (Å²) in [5.41, 5.74) is 1.73. The smallest absolute Gasteiger partial charge is 0.150 e. The molecule has 1 rings (SSSR count). The third kappa shape index (κ3) is 11.2. The van der Waals surface area contributed by atoms with Gasteiger partial charge in [-0.25, -0.2) is 0 Å². The first-order valence-electron chi connectivity index (χ1n) is 8.84. The summed E-state index contributed by atoms with van der Waals surface area (Å²) in [5.74, 6) is 0. The van der Waals surface area contributed by atoms with Crippen LogP contribution in [0.25, 0.3) is 0 Å². The van der Waals surface area contributed by atoms with Crippen LogP contribution in [0.4, 0.5) is 5.69 Å². The summed E-state index contributed by atoms with van der Waals surface area (Å²) in [6, 6.07) is 7.47. The van der Waals surface area contributed by atoms with E-state index in [1.807, 2.05) is 19.2 Å². The van der Waals surface area contributed by atoms with Crippen LogP contribution in [-0.2, 0) is 23.7 Å². The predicted octanol–water partition coefficient (Wildman–Crippen LogP) is 1.65. The number of nitrogens with zero attached hydrogens (tertiary/aromatic N) is 1. The molecule has 7 nitrogen and oxygen atoms in total. The molecule has 0 spiro atoms. The third-order valence-electron chi connectivity index (χ3n) is 3.59. The van der Waals surface area contributed by atoms with E-state index in [-0.39, 0.29) is 0 Å². The summed E-state index contributed by atoms with van der Waals surface area (Å²) in [5, 5.41) is 0.